The summed E-state index contributed by atoms with van der Waals surface area (Å²) in [6.45, 7) is 16.5. The molecular formula is C8H24OSi3. The third-order valence-corrected chi connectivity index (χ3v) is 13.1. The van der Waals surface area contributed by atoms with Gasteiger partial charge in [0.15, 0.2) is 17.4 Å². The zero-order valence-corrected chi connectivity index (χ0v) is 12.8. The van der Waals surface area contributed by atoms with Gasteiger partial charge in [0.1, 0.15) is 0 Å². The van der Waals surface area contributed by atoms with Gasteiger partial charge < -0.3 is 4.12 Å². The van der Waals surface area contributed by atoms with Crippen molar-refractivity contribution in [3.05, 3.63) is 0 Å². The molecule has 0 heterocycles. The van der Waals surface area contributed by atoms with Gasteiger partial charge in [-0.25, -0.2) is 0 Å². The maximum Gasteiger partial charge on any atom is 0.170 e. The molecule has 0 aromatic heterocycles. The van der Waals surface area contributed by atoms with Gasteiger partial charge in [-0.05, 0) is 31.9 Å². The van der Waals surface area contributed by atoms with Crippen LogP contribution in [0, 0.1) is 0 Å². The van der Waals surface area contributed by atoms with Gasteiger partial charge in [-0.1, -0.05) is 19.6 Å². The van der Waals surface area contributed by atoms with Crippen molar-refractivity contribution >= 4 is 25.4 Å². The van der Waals surface area contributed by atoms with Crippen LogP contribution >= 0.6 is 0 Å². The van der Waals surface area contributed by atoms with E-state index >= 15 is 0 Å². The lowest BCUT2D eigenvalue weighted by Gasteiger charge is -2.27. The van der Waals surface area contributed by atoms with Crippen molar-refractivity contribution in [3.63, 3.8) is 0 Å². The van der Waals surface area contributed by atoms with E-state index in [0.29, 0.717) is 0 Å². The maximum atomic E-state index is 6.13. The molecular weight excluding hydrogens is 196 g/mol. The molecule has 12 heavy (non-hydrogen) atoms. The van der Waals surface area contributed by atoms with Crippen LogP contribution in [0.1, 0.15) is 0 Å². The minimum absolute atomic E-state index is 0.829. The van der Waals surface area contributed by atoms with Crippen molar-refractivity contribution in [3.8, 4) is 0 Å². The lowest BCUT2D eigenvalue weighted by Crippen LogP contribution is -2.38. The van der Waals surface area contributed by atoms with Gasteiger partial charge in [0.2, 0.25) is 0 Å². The highest BCUT2D eigenvalue weighted by Crippen LogP contribution is 2.15. The molecule has 1 nitrogen and oxygen atoms in total. The van der Waals surface area contributed by atoms with Gasteiger partial charge in [-0.2, -0.15) is 0 Å². The molecule has 0 amide bonds. The molecule has 1 atom stereocenters. The van der Waals surface area contributed by atoms with Crippen LogP contribution in [0.2, 0.25) is 51.5 Å². The van der Waals surface area contributed by atoms with Gasteiger partial charge in [0, 0.05) is 8.07 Å². The molecule has 0 aliphatic heterocycles. The summed E-state index contributed by atoms with van der Waals surface area (Å²) < 4.78 is 6.13. The molecule has 0 aliphatic carbocycles. The summed E-state index contributed by atoms with van der Waals surface area (Å²) in [6.07, 6.45) is 0. The van der Waals surface area contributed by atoms with E-state index in [1.165, 1.54) is 5.67 Å². The van der Waals surface area contributed by atoms with Gasteiger partial charge in [0.25, 0.3) is 0 Å². The predicted molar refractivity (Wildman–Crippen MR) is 65.6 cm³/mol. The highest BCUT2D eigenvalue weighted by Gasteiger charge is 2.24. The Morgan fingerprint density at radius 1 is 1.00 bits per heavy atom. The summed E-state index contributed by atoms with van der Waals surface area (Å²) in [5.74, 6) is 0. The summed E-state index contributed by atoms with van der Waals surface area (Å²) in [5.41, 5.74) is 1.43. The molecule has 0 saturated heterocycles. The molecule has 74 valence electrons. The maximum absolute atomic E-state index is 6.13. The second kappa shape index (κ2) is 4.21. The highest BCUT2D eigenvalue weighted by molar-refractivity contribution is 6.88. The second-order valence-corrected chi connectivity index (χ2v) is 19.3. The fourth-order valence-corrected chi connectivity index (χ4v) is 14.3. The standard InChI is InChI=1S/C8H24OSi3/c1-10(8-11(2,3)4)9-12(5,6)7/h10H,8H2,1-7H3. The van der Waals surface area contributed by atoms with Gasteiger partial charge in [0.05, 0.1) is 0 Å². The summed E-state index contributed by atoms with van der Waals surface area (Å²) >= 11 is 0. The Morgan fingerprint density at radius 2 is 1.42 bits per heavy atom. The van der Waals surface area contributed by atoms with Crippen molar-refractivity contribution in [2.75, 3.05) is 0 Å². The number of hydrogen-bond donors (Lipinski definition) is 0. The molecule has 0 radical (unpaired) electrons. The lowest BCUT2D eigenvalue weighted by atomic mass is 11.7. The molecule has 0 bridgehead atoms. The Kier molecular flexibility index (Phi) is 4.43. The normalized spacial score (nSPS) is 16.2. The van der Waals surface area contributed by atoms with Crippen molar-refractivity contribution in [2.24, 2.45) is 0 Å². The van der Waals surface area contributed by atoms with Crippen LogP contribution in [0.25, 0.3) is 0 Å². The molecule has 0 aromatic rings. The number of rotatable bonds is 4. The minimum atomic E-state index is -1.24. The summed E-state index contributed by atoms with van der Waals surface area (Å²) in [6, 6.07) is 0. The first kappa shape index (κ1) is 12.6. The number of hydrogen-bond acceptors (Lipinski definition) is 1. The smallest absolute Gasteiger partial charge is 0.170 e. The quantitative estimate of drug-likeness (QED) is 0.662. The fourth-order valence-electron chi connectivity index (χ4n) is 1.51. The van der Waals surface area contributed by atoms with Crippen molar-refractivity contribution in [1.82, 2.24) is 0 Å². The third kappa shape index (κ3) is 8.70. The van der Waals surface area contributed by atoms with E-state index in [2.05, 4.69) is 45.8 Å². The van der Waals surface area contributed by atoms with Crippen LogP contribution < -0.4 is 0 Å². The molecule has 0 spiro atoms. The first-order valence-electron chi connectivity index (χ1n) is 4.78. The summed E-state index contributed by atoms with van der Waals surface area (Å²) in [7, 11) is -2.93. The largest absolute Gasteiger partial charge is 0.458 e. The molecule has 0 N–H and O–H groups in total. The van der Waals surface area contributed by atoms with Crippen LogP contribution in [-0.4, -0.2) is 25.4 Å². The van der Waals surface area contributed by atoms with Crippen molar-refractivity contribution < 1.29 is 4.12 Å². The Hall–Kier alpha value is 0.611. The molecule has 0 fully saturated rings. The Morgan fingerprint density at radius 3 is 1.67 bits per heavy atom. The van der Waals surface area contributed by atoms with E-state index in [4.69, 9.17) is 4.12 Å². The minimum Gasteiger partial charge on any atom is -0.458 e. The van der Waals surface area contributed by atoms with Crippen LogP contribution in [0.4, 0.5) is 0 Å². The molecule has 1 unspecified atom stereocenters. The fraction of sp³-hybridized carbons (Fsp3) is 1.00. The van der Waals surface area contributed by atoms with Gasteiger partial charge in [-0.15, -0.1) is 0 Å². The zero-order valence-electron chi connectivity index (χ0n) is 9.69. The van der Waals surface area contributed by atoms with E-state index < -0.39 is 25.4 Å². The van der Waals surface area contributed by atoms with Crippen molar-refractivity contribution in [2.45, 2.75) is 51.5 Å². The van der Waals surface area contributed by atoms with E-state index in [1.807, 2.05) is 0 Å². The molecule has 0 aromatic carbocycles. The average molecular weight is 221 g/mol. The summed E-state index contributed by atoms with van der Waals surface area (Å²) in [4.78, 5) is 0. The monoisotopic (exact) mass is 220 g/mol. The van der Waals surface area contributed by atoms with E-state index in [9.17, 15) is 0 Å². The Balaban J connectivity index is 3.83. The van der Waals surface area contributed by atoms with Crippen LogP contribution in [0.5, 0.6) is 0 Å². The van der Waals surface area contributed by atoms with Gasteiger partial charge >= 0.3 is 0 Å². The lowest BCUT2D eigenvalue weighted by molar-refractivity contribution is 0.580. The second-order valence-electron chi connectivity index (χ2n) is 5.81. The molecule has 0 aliphatic rings. The third-order valence-electron chi connectivity index (χ3n) is 1.45. The van der Waals surface area contributed by atoms with E-state index in [0.717, 1.165) is 0 Å². The summed E-state index contributed by atoms with van der Waals surface area (Å²) in [5, 5.41) is 0. The Labute approximate surface area is 81.4 Å². The highest BCUT2D eigenvalue weighted by atomic mass is 28.4. The van der Waals surface area contributed by atoms with Crippen LogP contribution in [0.3, 0.4) is 0 Å². The average Bonchev–Trinajstić information content (AvgIpc) is 1.49. The first-order chi connectivity index (χ1) is 5.10. The van der Waals surface area contributed by atoms with E-state index in [-0.39, 0.29) is 0 Å². The van der Waals surface area contributed by atoms with E-state index in [1.54, 1.807) is 0 Å². The molecule has 0 rings (SSSR count). The molecule has 4 heteroatoms. The Bertz CT molecular complexity index is 118. The van der Waals surface area contributed by atoms with Crippen LogP contribution in [-0.2, 0) is 4.12 Å². The van der Waals surface area contributed by atoms with Crippen LogP contribution in [0.15, 0.2) is 0 Å². The first-order valence-corrected chi connectivity index (χ1v) is 14.3. The molecule has 0 saturated carbocycles. The predicted octanol–water partition coefficient (Wildman–Crippen LogP) is 3.07. The SMILES string of the molecule is C[SiH](C[Si](C)(C)C)O[Si](C)(C)C. The van der Waals surface area contributed by atoms with Crippen molar-refractivity contribution in [1.29, 1.82) is 0 Å². The zero-order chi connectivity index (χ0) is 9.99. The van der Waals surface area contributed by atoms with Gasteiger partial charge in [-0.3, -0.25) is 0 Å². The topological polar surface area (TPSA) is 9.23 Å².